The molecule has 128 valence electrons. The zero-order valence-electron chi connectivity index (χ0n) is 14.6. The summed E-state index contributed by atoms with van der Waals surface area (Å²) in [5.74, 6) is 0.399. The summed E-state index contributed by atoms with van der Waals surface area (Å²) in [6, 6.07) is 20.8. The smallest absolute Gasteiger partial charge is 0.255 e. The topological polar surface area (TPSA) is 55.1 Å². The molecule has 1 amide bonds. The van der Waals surface area contributed by atoms with Gasteiger partial charge >= 0.3 is 0 Å². The number of aryl methyl sites for hydroxylation is 2. The van der Waals surface area contributed by atoms with Gasteiger partial charge in [0.15, 0.2) is 5.58 Å². The number of para-hydroxylation sites is 2. The predicted molar refractivity (Wildman–Crippen MR) is 103 cm³/mol. The van der Waals surface area contributed by atoms with Crippen LogP contribution in [-0.4, -0.2) is 10.9 Å². The van der Waals surface area contributed by atoms with Crippen molar-refractivity contribution < 1.29 is 9.21 Å². The average molecular weight is 342 g/mol. The van der Waals surface area contributed by atoms with E-state index in [1.807, 2.05) is 80.6 Å². The highest BCUT2D eigenvalue weighted by atomic mass is 16.3. The van der Waals surface area contributed by atoms with Crippen LogP contribution >= 0.6 is 0 Å². The molecular formula is C22H18N2O2. The van der Waals surface area contributed by atoms with Gasteiger partial charge < -0.3 is 9.73 Å². The van der Waals surface area contributed by atoms with Crippen molar-refractivity contribution in [1.29, 1.82) is 0 Å². The third kappa shape index (κ3) is 3.09. The zero-order valence-corrected chi connectivity index (χ0v) is 14.6. The highest BCUT2D eigenvalue weighted by molar-refractivity contribution is 6.04. The molecule has 1 N–H and O–H groups in total. The molecule has 0 saturated carbocycles. The molecule has 26 heavy (non-hydrogen) atoms. The number of nitrogens with one attached hydrogen (secondary N) is 1. The van der Waals surface area contributed by atoms with Crippen LogP contribution in [0.15, 0.2) is 71.1 Å². The number of carbonyl (C=O) groups is 1. The maximum absolute atomic E-state index is 12.5. The minimum Gasteiger partial charge on any atom is -0.436 e. The molecule has 0 atom stereocenters. The zero-order chi connectivity index (χ0) is 18.1. The van der Waals surface area contributed by atoms with Crippen molar-refractivity contribution in [2.24, 2.45) is 0 Å². The Balaban J connectivity index is 1.61. The predicted octanol–water partition coefficient (Wildman–Crippen LogP) is 5.36. The summed E-state index contributed by atoms with van der Waals surface area (Å²) in [4.78, 5) is 17.0. The van der Waals surface area contributed by atoms with Gasteiger partial charge in [-0.3, -0.25) is 4.79 Å². The number of benzene rings is 3. The Morgan fingerprint density at radius 3 is 2.58 bits per heavy atom. The standard InChI is InChI=1S/C22H18N2O2/c1-14-10-11-16(12-15(14)2)21(25)23-18-7-5-6-17(13-18)22-24-19-8-3-4-9-20(19)26-22/h3-13H,1-2H3,(H,23,25). The van der Waals surface area contributed by atoms with Gasteiger partial charge in [0.1, 0.15) is 5.52 Å². The molecule has 0 aliphatic carbocycles. The van der Waals surface area contributed by atoms with Gasteiger partial charge in [-0.05, 0) is 67.4 Å². The second-order valence-corrected chi connectivity index (χ2v) is 6.32. The van der Waals surface area contributed by atoms with Crippen molar-refractivity contribution >= 4 is 22.7 Å². The fourth-order valence-corrected chi connectivity index (χ4v) is 2.81. The van der Waals surface area contributed by atoms with E-state index in [9.17, 15) is 4.79 Å². The molecule has 0 bridgehead atoms. The monoisotopic (exact) mass is 342 g/mol. The Morgan fingerprint density at radius 1 is 0.923 bits per heavy atom. The van der Waals surface area contributed by atoms with Gasteiger partial charge in [0.2, 0.25) is 5.89 Å². The normalized spacial score (nSPS) is 10.8. The van der Waals surface area contributed by atoms with Crippen LogP contribution in [0, 0.1) is 13.8 Å². The van der Waals surface area contributed by atoms with E-state index in [-0.39, 0.29) is 5.91 Å². The molecule has 0 saturated heterocycles. The summed E-state index contributed by atoms with van der Waals surface area (Å²) in [5, 5.41) is 2.94. The van der Waals surface area contributed by atoms with Crippen LogP contribution in [0.25, 0.3) is 22.6 Å². The highest BCUT2D eigenvalue weighted by Crippen LogP contribution is 2.26. The van der Waals surface area contributed by atoms with E-state index >= 15 is 0 Å². The minimum absolute atomic E-state index is 0.136. The lowest BCUT2D eigenvalue weighted by Crippen LogP contribution is -2.12. The van der Waals surface area contributed by atoms with Crippen molar-refractivity contribution in [3.8, 4) is 11.5 Å². The van der Waals surface area contributed by atoms with Crippen LogP contribution in [-0.2, 0) is 0 Å². The third-order valence-corrected chi connectivity index (χ3v) is 4.43. The summed E-state index contributed by atoms with van der Waals surface area (Å²) in [5.41, 5.74) is 5.98. The molecule has 1 heterocycles. The molecule has 1 aromatic heterocycles. The lowest BCUT2D eigenvalue weighted by molar-refractivity contribution is 0.102. The number of nitrogens with zero attached hydrogens (tertiary/aromatic N) is 1. The first-order valence-electron chi connectivity index (χ1n) is 8.45. The first-order chi connectivity index (χ1) is 12.6. The largest absolute Gasteiger partial charge is 0.436 e. The van der Waals surface area contributed by atoms with Crippen LogP contribution in [0.3, 0.4) is 0 Å². The van der Waals surface area contributed by atoms with Crippen LogP contribution in [0.4, 0.5) is 5.69 Å². The maximum atomic E-state index is 12.5. The lowest BCUT2D eigenvalue weighted by atomic mass is 10.1. The van der Waals surface area contributed by atoms with E-state index in [0.29, 0.717) is 17.1 Å². The van der Waals surface area contributed by atoms with Crippen molar-refractivity contribution in [1.82, 2.24) is 4.98 Å². The van der Waals surface area contributed by atoms with Crippen molar-refractivity contribution in [2.45, 2.75) is 13.8 Å². The SMILES string of the molecule is Cc1ccc(C(=O)Nc2cccc(-c3nc4ccccc4o3)c2)cc1C. The summed E-state index contributed by atoms with van der Waals surface area (Å²) >= 11 is 0. The number of aromatic nitrogens is 1. The average Bonchev–Trinajstić information content (AvgIpc) is 3.08. The van der Waals surface area contributed by atoms with Gasteiger partial charge in [-0.2, -0.15) is 0 Å². The van der Waals surface area contributed by atoms with Crippen LogP contribution in [0.2, 0.25) is 0 Å². The van der Waals surface area contributed by atoms with E-state index in [2.05, 4.69) is 10.3 Å². The first-order valence-corrected chi connectivity index (χ1v) is 8.45. The van der Waals surface area contributed by atoms with E-state index in [4.69, 9.17) is 4.42 Å². The number of fused-ring (bicyclic) bond motifs is 1. The quantitative estimate of drug-likeness (QED) is 0.545. The Bertz CT molecular complexity index is 1080. The molecule has 4 rings (SSSR count). The Hall–Kier alpha value is -3.40. The van der Waals surface area contributed by atoms with Gasteiger partial charge in [0.05, 0.1) is 0 Å². The molecule has 4 nitrogen and oxygen atoms in total. The molecule has 0 radical (unpaired) electrons. The van der Waals surface area contributed by atoms with Crippen LogP contribution in [0.5, 0.6) is 0 Å². The van der Waals surface area contributed by atoms with Gasteiger partial charge in [-0.15, -0.1) is 0 Å². The van der Waals surface area contributed by atoms with E-state index < -0.39 is 0 Å². The molecule has 4 aromatic rings. The summed E-state index contributed by atoms with van der Waals surface area (Å²) in [7, 11) is 0. The number of anilines is 1. The Morgan fingerprint density at radius 2 is 1.77 bits per heavy atom. The highest BCUT2D eigenvalue weighted by Gasteiger charge is 2.11. The number of amides is 1. The molecular weight excluding hydrogens is 324 g/mol. The minimum atomic E-state index is -0.136. The van der Waals surface area contributed by atoms with Gasteiger partial charge in [-0.25, -0.2) is 4.98 Å². The molecule has 4 heteroatoms. The maximum Gasteiger partial charge on any atom is 0.255 e. The number of rotatable bonds is 3. The molecule has 0 spiro atoms. The Labute approximate surface area is 151 Å². The first kappa shape index (κ1) is 16.1. The van der Waals surface area contributed by atoms with Crippen molar-refractivity contribution in [3.05, 3.63) is 83.4 Å². The second-order valence-electron chi connectivity index (χ2n) is 6.32. The van der Waals surface area contributed by atoms with E-state index in [0.717, 1.165) is 22.2 Å². The number of carbonyl (C=O) groups excluding carboxylic acids is 1. The van der Waals surface area contributed by atoms with Gasteiger partial charge in [0.25, 0.3) is 5.91 Å². The molecule has 0 aliphatic rings. The second kappa shape index (κ2) is 6.48. The van der Waals surface area contributed by atoms with Gasteiger partial charge in [-0.1, -0.05) is 24.3 Å². The van der Waals surface area contributed by atoms with Crippen LogP contribution < -0.4 is 5.32 Å². The number of hydrogen-bond donors (Lipinski definition) is 1. The Kier molecular flexibility index (Phi) is 4.01. The summed E-state index contributed by atoms with van der Waals surface area (Å²) in [6.45, 7) is 4.03. The number of hydrogen-bond acceptors (Lipinski definition) is 3. The van der Waals surface area contributed by atoms with E-state index in [1.54, 1.807) is 0 Å². The molecule has 0 aliphatic heterocycles. The van der Waals surface area contributed by atoms with Crippen molar-refractivity contribution in [2.75, 3.05) is 5.32 Å². The third-order valence-electron chi connectivity index (χ3n) is 4.43. The summed E-state index contributed by atoms with van der Waals surface area (Å²) in [6.07, 6.45) is 0. The fraction of sp³-hybridized carbons (Fsp3) is 0.0909. The summed E-state index contributed by atoms with van der Waals surface area (Å²) < 4.78 is 5.80. The van der Waals surface area contributed by atoms with Crippen LogP contribution in [0.1, 0.15) is 21.5 Å². The van der Waals surface area contributed by atoms with Gasteiger partial charge in [0, 0.05) is 16.8 Å². The fourth-order valence-electron chi connectivity index (χ4n) is 2.81. The molecule has 0 unspecified atom stereocenters. The molecule has 3 aromatic carbocycles. The van der Waals surface area contributed by atoms with E-state index in [1.165, 1.54) is 5.56 Å². The molecule has 0 fully saturated rings. The lowest BCUT2D eigenvalue weighted by Gasteiger charge is -2.08. The van der Waals surface area contributed by atoms with Crippen molar-refractivity contribution in [3.63, 3.8) is 0 Å². The number of oxazole rings is 1.